The molecule has 7 nitrogen and oxygen atoms in total. The number of anilines is 1. The van der Waals surface area contributed by atoms with E-state index in [1.165, 1.54) is 6.33 Å². The number of oxime groups is 1. The third-order valence-electron chi connectivity index (χ3n) is 5.72. The molecule has 1 aromatic heterocycles. The third-order valence-corrected chi connectivity index (χ3v) is 5.72. The van der Waals surface area contributed by atoms with Crippen LogP contribution >= 0.6 is 0 Å². The highest BCUT2D eigenvalue weighted by Crippen LogP contribution is 2.45. The van der Waals surface area contributed by atoms with Crippen LogP contribution in [0, 0.1) is 0 Å². The maximum atomic E-state index is 9.78. The molecule has 1 heterocycles. The normalized spacial score (nSPS) is 24.9. The van der Waals surface area contributed by atoms with E-state index in [1.807, 2.05) is 32.0 Å². The van der Waals surface area contributed by atoms with Gasteiger partial charge < -0.3 is 21.4 Å². The highest BCUT2D eigenvalue weighted by molar-refractivity contribution is 6.15. The second kappa shape index (κ2) is 6.49. The molecule has 0 atom stereocenters. The number of ether oxygens (including phenoxy) is 1. The fourth-order valence-corrected chi connectivity index (χ4v) is 4.25. The molecule has 0 unspecified atom stereocenters. The molecule has 2 aromatic rings. The van der Waals surface area contributed by atoms with Gasteiger partial charge in [0.05, 0.1) is 17.5 Å². The highest BCUT2D eigenvalue weighted by Gasteiger charge is 2.40. The van der Waals surface area contributed by atoms with E-state index < -0.39 is 5.41 Å². The van der Waals surface area contributed by atoms with Crippen LogP contribution in [-0.4, -0.2) is 33.0 Å². The van der Waals surface area contributed by atoms with Crippen LogP contribution in [0.2, 0.25) is 0 Å². The van der Waals surface area contributed by atoms with Crippen LogP contribution in [0.3, 0.4) is 0 Å². The lowest BCUT2D eigenvalue weighted by Gasteiger charge is -2.34. The van der Waals surface area contributed by atoms with E-state index in [0.717, 1.165) is 53.8 Å². The number of nitrogen functional groups attached to an aromatic ring is 1. The fourth-order valence-electron chi connectivity index (χ4n) is 4.25. The minimum Gasteiger partial charge on any atom is -0.490 e. The van der Waals surface area contributed by atoms with Crippen molar-refractivity contribution in [3.05, 3.63) is 35.7 Å². The van der Waals surface area contributed by atoms with E-state index >= 15 is 0 Å². The Labute approximate surface area is 158 Å². The molecule has 0 bridgehead atoms. The maximum Gasteiger partial charge on any atom is 0.131 e. The van der Waals surface area contributed by atoms with Gasteiger partial charge in [-0.05, 0) is 57.7 Å². The van der Waals surface area contributed by atoms with Crippen molar-refractivity contribution in [2.24, 2.45) is 10.9 Å². The molecule has 1 saturated carbocycles. The van der Waals surface area contributed by atoms with Crippen LogP contribution in [0.15, 0.2) is 29.7 Å². The summed E-state index contributed by atoms with van der Waals surface area (Å²) in [5.41, 5.74) is 15.2. The average molecular weight is 367 g/mol. The predicted octanol–water partition coefficient (Wildman–Crippen LogP) is 2.84. The molecule has 0 saturated heterocycles. The van der Waals surface area contributed by atoms with Gasteiger partial charge in [0.2, 0.25) is 0 Å². The molecular formula is C20H25N5O2. The van der Waals surface area contributed by atoms with Gasteiger partial charge in [0.1, 0.15) is 17.9 Å². The van der Waals surface area contributed by atoms with Gasteiger partial charge in [-0.3, -0.25) is 0 Å². The Balaban J connectivity index is 1.76. The number of benzene rings is 1. The summed E-state index contributed by atoms with van der Waals surface area (Å²) in [7, 11) is 0. The summed E-state index contributed by atoms with van der Waals surface area (Å²) in [5, 5.41) is 13.4. The zero-order valence-corrected chi connectivity index (χ0v) is 15.6. The third kappa shape index (κ3) is 2.92. The van der Waals surface area contributed by atoms with Crippen LogP contribution in [-0.2, 0) is 5.41 Å². The van der Waals surface area contributed by atoms with Crippen molar-refractivity contribution in [1.29, 1.82) is 0 Å². The number of aromatic nitrogens is 2. The van der Waals surface area contributed by atoms with Crippen molar-refractivity contribution in [3.8, 4) is 17.0 Å². The van der Waals surface area contributed by atoms with Crippen molar-refractivity contribution in [2.45, 2.75) is 57.1 Å². The summed E-state index contributed by atoms with van der Waals surface area (Å²) >= 11 is 0. The van der Waals surface area contributed by atoms with Crippen molar-refractivity contribution in [2.75, 3.05) is 5.73 Å². The number of fused-ring (bicyclic) bond motifs is 3. The number of hydrogen-bond acceptors (Lipinski definition) is 7. The van der Waals surface area contributed by atoms with E-state index in [4.69, 9.17) is 16.2 Å². The smallest absolute Gasteiger partial charge is 0.131 e. The topological polar surface area (TPSA) is 120 Å². The maximum absolute atomic E-state index is 9.78. The molecular weight excluding hydrogens is 342 g/mol. The first kappa shape index (κ1) is 17.7. The van der Waals surface area contributed by atoms with Crippen molar-refractivity contribution in [1.82, 2.24) is 9.97 Å². The van der Waals surface area contributed by atoms with Crippen LogP contribution < -0.4 is 16.2 Å². The Morgan fingerprint density at radius 2 is 1.89 bits per heavy atom. The van der Waals surface area contributed by atoms with Crippen molar-refractivity contribution in [3.63, 3.8) is 0 Å². The number of rotatable bonds is 2. The Kier molecular flexibility index (Phi) is 4.26. The summed E-state index contributed by atoms with van der Waals surface area (Å²) in [6.45, 7) is 3.92. The van der Waals surface area contributed by atoms with Crippen LogP contribution in [0.1, 0.15) is 50.7 Å². The monoisotopic (exact) mass is 367 g/mol. The molecule has 2 aliphatic rings. The number of nitrogens with two attached hydrogens (primary N) is 2. The van der Waals surface area contributed by atoms with Gasteiger partial charge in [-0.25, -0.2) is 9.97 Å². The Morgan fingerprint density at radius 3 is 2.59 bits per heavy atom. The second-order valence-electron chi connectivity index (χ2n) is 7.92. The first-order chi connectivity index (χ1) is 12.9. The SMILES string of the molecule is CC1(C)/C(=N\O)c2cc(OC3CCC(N)CC3)ccc2-c2ncnc(N)c21. The molecule has 142 valence electrons. The van der Waals surface area contributed by atoms with Gasteiger partial charge >= 0.3 is 0 Å². The molecule has 27 heavy (non-hydrogen) atoms. The highest BCUT2D eigenvalue weighted by atomic mass is 16.5. The van der Waals surface area contributed by atoms with Crippen molar-refractivity contribution >= 4 is 11.5 Å². The molecule has 7 heteroatoms. The molecule has 0 spiro atoms. The van der Waals surface area contributed by atoms with E-state index in [9.17, 15) is 5.21 Å². The lowest BCUT2D eigenvalue weighted by atomic mass is 9.70. The predicted molar refractivity (Wildman–Crippen MR) is 104 cm³/mol. The summed E-state index contributed by atoms with van der Waals surface area (Å²) < 4.78 is 6.19. The molecule has 0 radical (unpaired) electrons. The zero-order chi connectivity index (χ0) is 19.2. The van der Waals surface area contributed by atoms with Crippen LogP contribution in [0.25, 0.3) is 11.3 Å². The van der Waals surface area contributed by atoms with Crippen LogP contribution in [0.5, 0.6) is 5.75 Å². The van der Waals surface area contributed by atoms with Gasteiger partial charge in [0.15, 0.2) is 0 Å². The van der Waals surface area contributed by atoms with Gasteiger partial charge in [-0.1, -0.05) is 5.16 Å². The molecule has 0 aliphatic heterocycles. The quantitative estimate of drug-likeness (QED) is 0.554. The summed E-state index contributed by atoms with van der Waals surface area (Å²) in [4.78, 5) is 8.58. The summed E-state index contributed by atoms with van der Waals surface area (Å²) in [5.74, 6) is 1.16. The van der Waals surface area contributed by atoms with Gasteiger partial charge in [-0.2, -0.15) is 0 Å². The van der Waals surface area contributed by atoms with E-state index in [-0.39, 0.29) is 12.1 Å². The first-order valence-corrected chi connectivity index (χ1v) is 9.32. The minimum atomic E-state index is -0.626. The lowest BCUT2D eigenvalue weighted by Crippen LogP contribution is -2.36. The van der Waals surface area contributed by atoms with Gasteiger partial charge in [-0.15, -0.1) is 0 Å². The van der Waals surface area contributed by atoms with Gasteiger partial charge in [0.25, 0.3) is 0 Å². The molecule has 5 N–H and O–H groups in total. The fraction of sp³-hybridized carbons (Fsp3) is 0.450. The average Bonchev–Trinajstić information content (AvgIpc) is 2.63. The lowest BCUT2D eigenvalue weighted by molar-refractivity contribution is 0.147. The van der Waals surface area contributed by atoms with E-state index in [2.05, 4.69) is 15.1 Å². The molecule has 2 aliphatic carbocycles. The Morgan fingerprint density at radius 1 is 1.15 bits per heavy atom. The summed E-state index contributed by atoms with van der Waals surface area (Å²) in [6, 6.07) is 6.10. The molecule has 1 fully saturated rings. The number of hydrogen-bond donors (Lipinski definition) is 3. The van der Waals surface area contributed by atoms with Crippen molar-refractivity contribution < 1.29 is 9.94 Å². The summed E-state index contributed by atoms with van der Waals surface area (Å²) in [6.07, 6.45) is 5.50. The van der Waals surface area contributed by atoms with E-state index in [0.29, 0.717) is 11.5 Å². The first-order valence-electron chi connectivity index (χ1n) is 9.32. The standard InChI is InChI=1S/C20H25N5O2/c1-20(2)16-17(23-10-24-19(16)22)14-8-7-13(9-15(14)18(20)25-26)27-12-5-3-11(21)4-6-12/h7-12,26H,3-6,21H2,1-2H3,(H2,22,23,24)/b25-18-. The molecule has 4 rings (SSSR count). The minimum absolute atomic E-state index is 0.166. The number of nitrogens with zero attached hydrogens (tertiary/aromatic N) is 3. The van der Waals surface area contributed by atoms with E-state index in [1.54, 1.807) is 0 Å². The second-order valence-corrected chi connectivity index (χ2v) is 7.92. The van der Waals surface area contributed by atoms with Gasteiger partial charge in [0, 0.05) is 28.1 Å². The largest absolute Gasteiger partial charge is 0.490 e. The van der Waals surface area contributed by atoms with Crippen LogP contribution in [0.4, 0.5) is 5.82 Å². The zero-order valence-electron chi connectivity index (χ0n) is 15.6. The Hall–Kier alpha value is -2.67. The molecule has 1 aromatic carbocycles. The molecule has 0 amide bonds. The Bertz CT molecular complexity index is 901.